The fourth-order valence-corrected chi connectivity index (χ4v) is 3.28. The smallest absolute Gasteiger partial charge is 0.215 e. The van der Waals surface area contributed by atoms with Crippen molar-refractivity contribution >= 4 is 29.0 Å². The topological polar surface area (TPSA) is 88.7 Å². The number of hydrogen-bond donors (Lipinski definition) is 1. The fraction of sp³-hybridized carbons (Fsp3) is 0.375. The normalized spacial score (nSPS) is 25.7. The van der Waals surface area contributed by atoms with Crippen molar-refractivity contribution in [2.24, 2.45) is 4.99 Å². The maximum Gasteiger partial charge on any atom is 0.215 e. The number of rotatable bonds is 2. The van der Waals surface area contributed by atoms with Crippen molar-refractivity contribution in [1.82, 2.24) is 20.3 Å². The minimum Gasteiger partial charge on any atom is -0.438 e. The summed E-state index contributed by atoms with van der Waals surface area (Å²) < 4.78 is 11.0. The third-order valence-corrected chi connectivity index (χ3v) is 4.50. The van der Waals surface area contributed by atoms with Gasteiger partial charge in [-0.1, -0.05) is 18.2 Å². The molecule has 1 N–H and O–H groups in total. The lowest BCUT2D eigenvalue weighted by Gasteiger charge is -2.28. The summed E-state index contributed by atoms with van der Waals surface area (Å²) >= 11 is 0. The summed E-state index contributed by atoms with van der Waals surface area (Å²) in [7, 11) is 0. The van der Waals surface area contributed by atoms with Gasteiger partial charge in [-0.15, -0.1) is 0 Å². The Balaban J connectivity index is 1.62. The van der Waals surface area contributed by atoms with E-state index in [1.165, 1.54) is 6.39 Å². The second-order valence-electron chi connectivity index (χ2n) is 5.90. The standard InChI is InChI=1S/C16H16N6O2/c1-2-10(12-11(3-1)17-8-18-12)14-20-15-13(24-9-19-15)16(21-14)22-4-6-23-7-5-22/h1-3,8-9,11-12H,4-7H2,(H,17,18). The molecule has 0 saturated carbocycles. The van der Waals surface area contributed by atoms with Crippen LogP contribution in [0, 0.1) is 0 Å². The maximum absolute atomic E-state index is 5.54. The van der Waals surface area contributed by atoms with Crippen molar-refractivity contribution in [1.29, 1.82) is 0 Å². The van der Waals surface area contributed by atoms with Crippen LogP contribution in [0.1, 0.15) is 5.82 Å². The van der Waals surface area contributed by atoms with E-state index < -0.39 is 0 Å². The molecule has 4 heterocycles. The third kappa shape index (κ3) is 2.10. The number of aromatic nitrogens is 3. The van der Waals surface area contributed by atoms with Gasteiger partial charge in [-0.2, -0.15) is 4.98 Å². The predicted octanol–water partition coefficient (Wildman–Crippen LogP) is 0.776. The first-order chi connectivity index (χ1) is 11.9. The summed E-state index contributed by atoms with van der Waals surface area (Å²) in [5.41, 5.74) is 2.18. The van der Waals surface area contributed by atoms with Crippen LogP contribution < -0.4 is 10.2 Å². The van der Waals surface area contributed by atoms with Crippen molar-refractivity contribution in [2.45, 2.75) is 12.1 Å². The van der Waals surface area contributed by atoms with Crippen LogP contribution in [0.15, 0.2) is 34.0 Å². The van der Waals surface area contributed by atoms with Gasteiger partial charge in [0.2, 0.25) is 11.2 Å². The van der Waals surface area contributed by atoms with Gasteiger partial charge in [0.05, 0.1) is 25.6 Å². The molecule has 2 atom stereocenters. The summed E-state index contributed by atoms with van der Waals surface area (Å²) in [4.78, 5) is 20.3. The highest BCUT2D eigenvalue weighted by molar-refractivity contribution is 5.84. The molecule has 3 aliphatic rings. The summed E-state index contributed by atoms with van der Waals surface area (Å²) in [6.07, 6.45) is 9.30. The first-order valence-corrected chi connectivity index (χ1v) is 8.00. The van der Waals surface area contributed by atoms with E-state index in [0.29, 0.717) is 30.3 Å². The van der Waals surface area contributed by atoms with Crippen molar-refractivity contribution < 1.29 is 9.15 Å². The van der Waals surface area contributed by atoms with E-state index in [2.05, 4.69) is 31.3 Å². The predicted molar refractivity (Wildman–Crippen MR) is 89.0 cm³/mol. The van der Waals surface area contributed by atoms with Crippen LogP contribution in [0.3, 0.4) is 0 Å². The van der Waals surface area contributed by atoms with Gasteiger partial charge >= 0.3 is 0 Å². The molecule has 8 heteroatoms. The first kappa shape index (κ1) is 13.7. The van der Waals surface area contributed by atoms with E-state index in [4.69, 9.17) is 14.1 Å². The molecule has 8 nitrogen and oxygen atoms in total. The van der Waals surface area contributed by atoms with Gasteiger partial charge in [-0.05, 0) is 0 Å². The summed E-state index contributed by atoms with van der Waals surface area (Å²) in [5.74, 6) is 1.43. The first-order valence-electron chi connectivity index (χ1n) is 8.00. The van der Waals surface area contributed by atoms with Gasteiger partial charge in [0.15, 0.2) is 18.0 Å². The molecule has 1 fully saturated rings. The average molecular weight is 324 g/mol. The number of nitrogens with zero attached hydrogens (tertiary/aromatic N) is 5. The van der Waals surface area contributed by atoms with Gasteiger partial charge in [-0.3, -0.25) is 4.99 Å². The van der Waals surface area contributed by atoms with E-state index in [1.807, 2.05) is 12.2 Å². The number of hydrogen-bond acceptors (Lipinski definition) is 8. The van der Waals surface area contributed by atoms with Gasteiger partial charge < -0.3 is 19.4 Å². The second-order valence-corrected chi connectivity index (χ2v) is 5.90. The van der Waals surface area contributed by atoms with Crippen LogP contribution >= 0.6 is 0 Å². The molecule has 24 heavy (non-hydrogen) atoms. The number of oxazole rings is 1. The average Bonchev–Trinajstić information content (AvgIpc) is 3.30. The molecule has 122 valence electrons. The number of ether oxygens (including phenoxy) is 1. The molecule has 2 aromatic heterocycles. The number of nitrogens with one attached hydrogen (secondary N) is 1. The van der Waals surface area contributed by atoms with Crippen LogP contribution in [-0.4, -0.2) is 59.7 Å². The Morgan fingerprint density at radius 2 is 2.12 bits per heavy atom. The second kappa shape index (κ2) is 5.41. The lowest BCUT2D eigenvalue weighted by molar-refractivity contribution is 0.122. The third-order valence-electron chi connectivity index (χ3n) is 4.50. The molecule has 0 radical (unpaired) electrons. The molecule has 2 aliphatic heterocycles. The van der Waals surface area contributed by atoms with Gasteiger partial charge in [0, 0.05) is 18.7 Å². The highest BCUT2D eigenvalue weighted by atomic mass is 16.5. The SMILES string of the molecule is C1=CC2NC=NC2C(c2nc(N3CCOCC3)c3ocnc3n2)=C1. The van der Waals surface area contributed by atoms with Gasteiger partial charge in [0.1, 0.15) is 6.04 Å². The van der Waals surface area contributed by atoms with Crippen LogP contribution in [0.25, 0.3) is 16.8 Å². The summed E-state index contributed by atoms with van der Waals surface area (Å²) in [6, 6.07) is 0.158. The highest BCUT2D eigenvalue weighted by Crippen LogP contribution is 2.31. The quantitative estimate of drug-likeness (QED) is 0.873. The summed E-state index contributed by atoms with van der Waals surface area (Å²) in [6.45, 7) is 2.91. The lowest BCUT2D eigenvalue weighted by Crippen LogP contribution is -2.37. The minimum absolute atomic E-state index is 0.00288. The van der Waals surface area contributed by atoms with E-state index >= 15 is 0 Å². The van der Waals surface area contributed by atoms with Crippen molar-refractivity contribution in [3.05, 3.63) is 30.4 Å². The van der Waals surface area contributed by atoms with Gasteiger partial charge in [0.25, 0.3) is 0 Å². The number of anilines is 1. The van der Waals surface area contributed by atoms with E-state index in [9.17, 15) is 0 Å². The lowest BCUT2D eigenvalue weighted by atomic mass is 9.95. The van der Waals surface area contributed by atoms with E-state index in [0.717, 1.165) is 24.5 Å². The molecule has 1 saturated heterocycles. The van der Waals surface area contributed by atoms with E-state index in [1.54, 1.807) is 6.34 Å². The molecule has 0 amide bonds. The Hall–Kier alpha value is -2.74. The van der Waals surface area contributed by atoms with Crippen LogP contribution in [0.4, 0.5) is 5.82 Å². The Bertz CT molecular complexity index is 865. The number of fused-ring (bicyclic) bond motifs is 2. The fourth-order valence-electron chi connectivity index (χ4n) is 3.28. The molecular formula is C16H16N6O2. The maximum atomic E-state index is 5.54. The molecular weight excluding hydrogens is 308 g/mol. The van der Waals surface area contributed by atoms with E-state index in [-0.39, 0.29) is 12.1 Å². The van der Waals surface area contributed by atoms with Crippen molar-refractivity contribution in [3.8, 4) is 0 Å². The number of aliphatic imine (C=N–C) groups is 1. The molecule has 1 aliphatic carbocycles. The van der Waals surface area contributed by atoms with Crippen LogP contribution in [0.2, 0.25) is 0 Å². The molecule has 2 aromatic rings. The molecule has 2 unspecified atom stereocenters. The van der Waals surface area contributed by atoms with Gasteiger partial charge in [-0.25, -0.2) is 9.97 Å². The highest BCUT2D eigenvalue weighted by Gasteiger charge is 2.31. The minimum atomic E-state index is -0.00288. The zero-order valence-corrected chi connectivity index (χ0v) is 12.9. The zero-order valence-electron chi connectivity index (χ0n) is 12.9. The largest absolute Gasteiger partial charge is 0.438 e. The number of allylic oxidation sites excluding steroid dienone is 2. The zero-order chi connectivity index (χ0) is 15.9. The molecule has 0 bridgehead atoms. The molecule has 0 aromatic carbocycles. The monoisotopic (exact) mass is 324 g/mol. The van der Waals surface area contributed by atoms with Crippen LogP contribution in [0.5, 0.6) is 0 Å². The van der Waals surface area contributed by atoms with Crippen molar-refractivity contribution in [2.75, 3.05) is 31.2 Å². The summed E-state index contributed by atoms with van der Waals surface area (Å²) in [5, 5.41) is 3.23. The molecule has 5 rings (SSSR count). The molecule has 0 spiro atoms. The number of morpholine rings is 1. The van der Waals surface area contributed by atoms with Crippen LogP contribution in [-0.2, 0) is 4.74 Å². The Kier molecular flexibility index (Phi) is 3.08. The Morgan fingerprint density at radius 1 is 1.21 bits per heavy atom. The Labute approximate surface area is 138 Å². The van der Waals surface area contributed by atoms with Crippen molar-refractivity contribution in [3.63, 3.8) is 0 Å². The Morgan fingerprint density at radius 3 is 3.04 bits per heavy atom.